The van der Waals surface area contributed by atoms with Gasteiger partial charge in [0.15, 0.2) is 6.29 Å². The largest absolute Gasteiger partial charge is 0.394 e. The number of amides is 1. The molecule has 1 aliphatic heterocycles. The molecule has 1 rings (SSSR count). The van der Waals surface area contributed by atoms with Crippen LogP contribution in [0.3, 0.4) is 0 Å². The third-order valence-electron chi connectivity index (χ3n) is 11.2. The Morgan fingerprint density at radius 2 is 0.984 bits per heavy atom. The molecule has 0 bridgehead atoms. The lowest BCUT2D eigenvalue weighted by molar-refractivity contribution is -0.302. The van der Waals surface area contributed by atoms with Gasteiger partial charge in [-0.05, 0) is 77.0 Å². The number of ether oxygens (including phenoxy) is 2. The molecule has 1 amide bonds. The summed E-state index contributed by atoms with van der Waals surface area (Å²) in [5, 5.41) is 54.1. The van der Waals surface area contributed by atoms with E-state index in [4.69, 9.17) is 9.47 Å². The van der Waals surface area contributed by atoms with Crippen LogP contribution < -0.4 is 5.32 Å². The lowest BCUT2D eigenvalue weighted by Gasteiger charge is -2.40. The summed E-state index contributed by atoms with van der Waals surface area (Å²) in [5.74, 6) is -0.191. The van der Waals surface area contributed by atoms with E-state index < -0.39 is 49.5 Å². The molecule has 1 heterocycles. The molecule has 1 fully saturated rings. The highest BCUT2D eigenvalue weighted by Crippen LogP contribution is 2.22. The van der Waals surface area contributed by atoms with E-state index in [0.717, 1.165) is 96.3 Å². The van der Waals surface area contributed by atoms with Gasteiger partial charge in [0.2, 0.25) is 5.91 Å². The monoisotopic (exact) mass is 882 g/mol. The van der Waals surface area contributed by atoms with Gasteiger partial charge in [-0.15, -0.1) is 0 Å². The number of allylic oxidation sites excluding steroid dienone is 15. The Labute approximate surface area is 383 Å². The van der Waals surface area contributed by atoms with Gasteiger partial charge in [0.1, 0.15) is 24.4 Å². The Kier molecular flexibility index (Phi) is 39.7. The SMILES string of the molecule is CC/C=C\C/C=C\C/C=C\C/C=C\C/C=C\C/C=C\C/C=C\CCCCCCCCCCCC(=O)NC(COC1OC(CO)C(O)C(O)C1O)C(O)/C=C/CCCCCCCCC. The van der Waals surface area contributed by atoms with Crippen molar-refractivity contribution in [2.45, 2.75) is 224 Å². The second kappa shape index (κ2) is 43.0. The first kappa shape index (κ1) is 58.1. The molecule has 7 unspecified atom stereocenters. The van der Waals surface area contributed by atoms with Crippen LogP contribution in [0, 0.1) is 0 Å². The number of hydrogen-bond donors (Lipinski definition) is 6. The van der Waals surface area contributed by atoms with Crippen molar-refractivity contribution in [2.24, 2.45) is 0 Å². The summed E-state index contributed by atoms with van der Waals surface area (Å²) in [6, 6.07) is -0.812. The van der Waals surface area contributed by atoms with Gasteiger partial charge in [-0.3, -0.25) is 4.79 Å². The van der Waals surface area contributed by atoms with Crippen LogP contribution >= 0.6 is 0 Å². The Hall–Kier alpha value is -2.89. The zero-order chi connectivity index (χ0) is 45.9. The van der Waals surface area contributed by atoms with Crippen molar-refractivity contribution in [3.8, 4) is 0 Å². The van der Waals surface area contributed by atoms with E-state index in [1.807, 2.05) is 6.08 Å². The van der Waals surface area contributed by atoms with Crippen LogP contribution in [-0.2, 0) is 14.3 Å². The minimum absolute atomic E-state index is 0.191. The normalized spacial score (nSPS) is 21.0. The minimum Gasteiger partial charge on any atom is -0.394 e. The van der Waals surface area contributed by atoms with Gasteiger partial charge in [0, 0.05) is 6.42 Å². The zero-order valence-corrected chi connectivity index (χ0v) is 39.5. The topological polar surface area (TPSA) is 149 Å². The molecule has 0 aromatic rings. The van der Waals surface area contributed by atoms with Crippen LogP contribution in [0.25, 0.3) is 0 Å². The summed E-state index contributed by atoms with van der Waals surface area (Å²) >= 11 is 0. The summed E-state index contributed by atoms with van der Waals surface area (Å²) in [6.07, 6.45) is 54.7. The molecule has 0 saturated carbocycles. The lowest BCUT2D eigenvalue weighted by Crippen LogP contribution is -2.60. The van der Waals surface area contributed by atoms with E-state index in [0.29, 0.717) is 6.42 Å². The minimum atomic E-state index is -1.57. The number of carbonyl (C=O) groups is 1. The highest BCUT2D eigenvalue weighted by Gasteiger charge is 2.44. The van der Waals surface area contributed by atoms with E-state index in [1.54, 1.807) is 6.08 Å². The van der Waals surface area contributed by atoms with E-state index >= 15 is 0 Å². The van der Waals surface area contributed by atoms with Crippen LogP contribution in [0.4, 0.5) is 0 Å². The van der Waals surface area contributed by atoms with Crippen LogP contribution in [0.15, 0.2) is 97.2 Å². The maximum Gasteiger partial charge on any atom is 0.220 e. The van der Waals surface area contributed by atoms with Crippen LogP contribution in [0.1, 0.15) is 181 Å². The maximum atomic E-state index is 12.9. The Morgan fingerprint density at radius 1 is 0.556 bits per heavy atom. The van der Waals surface area contributed by atoms with Crippen molar-refractivity contribution in [3.05, 3.63) is 97.2 Å². The second-order valence-electron chi connectivity index (χ2n) is 16.9. The highest BCUT2D eigenvalue weighted by atomic mass is 16.7. The van der Waals surface area contributed by atoms with Crippen molar-refractivity contribution in [3.63, 3.8) is 0 Å². The molecule has 360 valence electrons. The molecule has 0 aromatic carbocycles. The molecule has 0 radical (unpaired) electrons. The summed E-state index contributed by atoms with van der Waals surface area (Å²) in [5.41, 5.74) is 0. The predicted octanol–water partition coefficient (Wildman–Crippen LogP) is 11.3. The van der Waals surface area contributed by atoms with Crippen LogP contribution in [0.2, 0.25) is 0 Å². The van der Waals surface area contributed by atoms with Crippen molar-refractivity contribution >= 4 is 5.91 Å². The molecule has 63 heavy (non-hydrogen) atoms. The smallest absolute Gasteiger partial charge is 0.220 e. The van der Waals surface area contributed by atoms with Gasteiger partial charge < -0.3 is 40.3 Å². The fourth-order valence-corrected chi connectivity index (χ4v) is 7.19. The van der Waals surface area contributed by atoms with Crippen LogP contribution in [-0.4, -0.2) is 87.5 Å². The fourth-order valence-electron chi connectivity index (χ4n) is 7.19. The first-order chi connectivity index (χ1) is 30.8. The van der Waals surface area contributed by atoms with E-state index in [2.05, 4.69) is 104 Å². The molecule has 0 aliphatic carbocycles. The number of aliphatic hydroxyl groups excluding tert-OH is 5. The molecule has 0 aromatic heterocycles. The molecule has 1 saturated heterocycles. The first-order valence-corrected chi connectivity index (χ1v) is 25.0. The lowest BCUT2D eigenvalue weighted by atomic mass is 9.99. The number of carbonyl (C=O) groups excluding carboxylic acids is 1. The number of hydrogen-bond acceptors (Lipinski definition) is 8. The van der Waals surface area contributed by atoms with Gasteiger partial charge in [0.25, 0.3) is 0 Å². The van der Waals surface area contributed by atoms with Crippen molar-refractivity contribution < 1.29 is 39.8 Å². The van der Waals surface area contributed by atoms with Gasteiger partial charge in [0.05, 0.1) is 25.4 Å². The molecule has 9 heteroatoms. The Bertz CT molecular complexity index is 1300. The molecule has 6 N–H and O–H groups in total. The van der Waals surface area contributed by atoms with E-state index in [-0.39, 0.29) is 12.5 Å². The molecular formula is C54H91NO8. The van der Waals surface area contributed by atoms with E-state index in [9.17, 15) is 30.3 Å². The summed E-state index contributed by atoms with van der Waals surface area (Å²) < 4.78 is 11.2. The average Bonchev–Trinajstić information content (AvgIpc) is 3.28. The number of nitrogens with one attached hydrogen (secondary N) is 1. The predicted molar refractivity (Wildman–Crippen MR) is 262 cm³/mol. The van der Waals surface area contributed by atoms with Crippen LogP contribution in [0.5, 0.6) is 0 Å². The first-order valence-electron chi connectivity index (χ1n) is 25.0. The quantitative estimate of drug-likeness (QED) is 0.0263. The third-order valence-corrected chi connectivity index (χ3v) is 11.2. The molecule has 0 spiro atoms. The van der Waals surface area contributed by atoms with Crippen molar-refractivity contribution in [2.75, 3.05) is 13.2 Å². The van der Waals surface area contributed by atoms with Crippen molar-refractivity contribution in [1.29, 1.82) is 0 Å². The fraction of sp³-hybridized carbons (Fsp3) is 0.685. The van der Waals surface area contributed by atoms with Gasteiger partial charge >= 0.3 is 0 Å². The molecule has 1 aliphatic rings. The van der Waals surface area contributed by atoms with Gasteiger partial charge in [-0.1, -0.05) is 195 Å². The summed E-state index contributed by atoms with van der Waals surface area (Å²) in [4.78, 5) is 12.9. The van der Waals surface area contributed by atoms with E-state index in [1.165, 1.54) is 64.2 Å². The average molecular weight is 882 g/mol. The number of aliphatic hydroxyl groups is 5. The standard InChI is InChI=1S/C54H91NO8/c1-3-5-7-9-11-13-14-15-16-17-18-19-20-21-22-23-24-25-26-27-28-29-30-31-32-33-34-36-38-40-42-44-50(58)55-47(48(57)43-41-39-37-35-12-10-8-6-4-2)46-62-54-53(61)52(60)51(59)49(45-56)63-54/h5,7,11,13,15-16,18-19,21-22,24-25,27-28,41,43,47-49,51-54,56-57,59-61H,3-4,6,8-10,12,14,17,20,23,26,29-40,42,44-46H2,1-2H3,(H,55,58)/b7-5-,13-11-,16-15-,19-18-,22-21-,25-24-,28-27-,43-41+. The summed E-state index contributed by atoms with van der Waals surface area (Å²) in [6.45, 7) is 3.60. The Balaban J connectivity index is 2.19. The molecule has 7 atom stereocenters. The van der Waals surface area contributed by atoms with Crippen molar-refractivity contribution in [1.82, 2.24) is 5.32 Å². The molecule has 9 nitrogen and oxygen atoms in total. The number of rotatable bonds is 40. The zero-order valence-electron chi connectivity index (χ0n) is 39.5. The molecular weight excluding hydrogens is 791 g/mol. The third kappa shape index (κ3) is 33.3. The summed E-state index contributed by atoms with van der Waals surface area (Å²) in [7, 11) is 0. The Morgan fingerprint density at radius 3 is 1.46 bits per heavy atom. The maximum absolute atomic E-state index is 12.9. The highest BCUT2D eigenvalue weighted by molar-refractivity contribution is 5.76. The second-order valence-corrected chi connectivity index (χ2v) is 16.9. The van der Waals surface area contributed by atoms with Gasteiger partial charge in [-0.25, -0.2) is 0 Å². The number of unbranched alkanes of at least 4 members (excludes halogenated alkanes) is 16. The van der Waals surface area contributed by atoms with Gasteiger partial charge in [-0.2, -0.15) is 0 Å².